The van der Waals surface area contributed by atoms with Gasteiger partial charge in [0.15, 0.2) is 0 Å². The van der Waals surface area contributed by atoms with Crippen LogP contribution in [0.5, 0.6) is 0 Å². The standard InChI is InChI=1S/C18H15N/c1-11-10-16-15-6-3-4-9-17(15)19-18(16)12(2)14-8-5-7-13(11)14/h3-10,19H,1-2H3. The Morgan fingerprint density at radius 3 is 2.47 bits per heavy atom. The largest absolute Gasteiger partial charge is 0.354 e. The van der Waals surface area contributed by atoms with E-state index in [1.54, 1.807) is 0 Å². The third kappa shape index (κ3) is 1.36. The second-order valence-corrected chi connectivity index (χ2v) is 5.26. The van der Waals surface area contributed by atoms with E-state index in [1.807, 2.05) is 0 Å². The van der Waals surface area contributed by atoms with Crippen LogP contribution < -0.4 is 0 Å². The average Bonchev–Trinajstić information content (AvgIpc) is 3.01. The summed E-state index contributed by atoms with van der Waals surface area (Å²) in [7, 11) is 0. The number of rotatable bonds is 0. The number of nitrogens with one attached hydrogen (secondary N) is 1. The van der Waals surface area contributed by atoms with Crippen LogP contribution in [0.2, 0.25) is 0 Å². The molecule has 19 heavy (non-hydrogen) atoms. The molecule has 0 unspecified atom stereocenters. The van der Waals surface area contributed by atoms with Crippen molar-refractivity contribution in [2.45, 2.75) is 13.8 Å². The van der Waals surface area contributed by atoms with Gasteiger partial charge in [0.2, 0.25) is 0 Å². The van der Waals surface area contributed by atoms with E-state index in [1.165, 1.54) is 44.1 Å². The molecule has 0 radical (unpaired) electrons. The Balaban J connectivity index is 2.33. The monoisotopic (exact) mass is 245 g/mol. The van der Waals surface area contributed by atoms with Crippen LogP contribution in [-0.4, -0.2) is 4.98 Å². The van der Waals surface area contributed by atoms with Crippen molar-refractivity contribution in [3.05, 3.63) is 59.7 Å². The zero-order valence-electron chi connectivity index (χ0n) is 11.1. The van der Waals surface area contributed by atoms with Gasteiger partial charge in [0, 0.05) is 16.3 Å². The minimum absolute atomic E-state index is 1.21. The van der Waals surface area contributed by atoms with E-state index in [2.05, 4.69) is 67.4 Å². The van der Waals surface area contributed by atoms with Gasteiger partial charge in [-0.1, -0.05) is 36.4 Å². The zero-order valence-corrected chi connectivity index (χ0v) is 11.1. The number of para-hydroxylation sites is 1. The lowest BCUT2D eigenvalue weighted by Gasteiger charge is -2.00. The molecule has 0 bridgehead atoms. The summed E-state index contributed by atoms with van der Waals surface area (Å²) in [5.74, 6) is 0. The molecule has 0 atom stereocenters. The quantitative estimate of drug-likeness (QED) is 0.446. The topological polar surface area (TPSA) is 15.8 Å². The molecule has 1 heteroatoms. The maximum atomic E-state index is 3.58. The molecule has 2 aliphatic carbocycles. The fourth-order valence-corrected chi connectivity index (χ4v) is 3.13. The molecule has 1 heterocycles. The van der Waals surface area contributed by atoms with Gasteiger partial charge in [0.1, 0.15) is 0 Å². The molecular weight excluding hydrogens is 230 g/mol. The maximum Gasteiger partial charge on any atom is 0.0500 e. The van der Waals surface area contributed by atoms with Gasteiger partial charge in [0.25, 0.3) is 0 Å². The molecule has 2 aliphatic rings. The first-order valence-electron chi connectivity index (χ1n) is 6.65. The average molecular weight is 245 g/mol. The molecule has 2 aromatic rings. The fourth-order valence-electron chi connectivity index (χ4n) is 3.13. The van der Waals surface area contributed by atoms with Crippen LogP contribution in [0.3, 0.4) is 0 Å². The van der Waals surface area contributed by atoms with Gasteiger partial charge in [-0.25, -0.2) is 0 Å². The van der Waals surface area contributed by atoms with Crippen molar-refractivity contribution < 1.29 is 0 Å². The Morgan fingerprint density at radius 1 is 0.789 bits per heavy atom. The number of aromatic nitrogens is 1. The van der Waals surface area contributed by atoms with Crippen molar-refractivity contribution in [2.24, 2.45) is 0 Å². The Hall–Kier alpha value is -2.28. The number of hydrogen-bond acceptors (Lipinski definition) is 0. The molecule has 0 saturated heterocycles. The van der Waals surface area contributed by atoms with Gasteiger partial charge in [-0.3, -0.25) is 0 Å². The summed E-state index contributed by atoms with van der Waals surface area (Å²) in [6.07, 6.45) is 0. The minimum Gasteiger partial charge on any atom is -0.354 e. The van der Waals surface area contributed by atoms with Crippen molar-refractivity contribution in [3.63, 3.8) is 0 Å². The number of benzene rings is 1. The SMILES string of the molecule is Cc1cc2c([nH]c3ccccc32)c(C)c2cccc1-2. The second-order valence-electron chi connectivity index (χ2n) is 5.26. The first kappa shape index (κ1) is 10.6. The normalized spacial score (nSPS) is 11.7. The van der Waals surface area contributed by atoms with Crippen molar-refractivity contribution in [3.8, 4) is 11.1 Å². The van der Waals surface area contributed by atoms with E-state index in [0.29, 0.717) is 0 Å². The van der Waals surface area contributed by atoms with E-state index in [4.69, 9.17) is 0 Å². The highest BCUT2D eigenvalue weighted by Crippen LogP contribution is 2.36. The Bertz CT molecular complexity index is 883. The molecule has 0 spiro atoms. The Morgan fingerprint density at radius 2 is 1.58 bits per heavy atom. The maximum absolute atomic E-state index is 3.58. The molecule has 1 N–H and O–H groups in total. The second kappa shape index (κ2) is 3.61. The molecule has 0 saturated carbocycles. The van der Waals surface area contributed by atoms with Crippen LogP contribution in [0.1, 0.15) is 11.1 Å². The van der Waals surface area contributed by atoms with Crippen LogP contribution >= 0.6 is 0 Å². The lowest BCUT2D eigenvalue weighted by Crippen LogP contribution is -1.78. The minimum atomic E-state index is 1.21. The predicted octanol–water partition coefficient (Wildman–Crippen LogP) is 5.04. The van der Waals surface area contributed by atoms with Crippen LogP contribution in [0.15, 0.2) is 48.5 Å². The molecule has 1 aromatic heterocycles. The Kier molecular flexibility index (Phi) is 2.02. The van der Waals surface area contributed by atoms with Crippen LogP contribution in [0, 0.1) is 13.8 Å². The van der Waals surface area contributed by atoms with Gasteiger partial charge in [-0.05, 0) is 48.2 Å². The highest BCUT2D eigenvalue weighted by Gasteiger charge is 2.13. The first-order valence-corrected chi connectivity index (χ1v) is 6.65. The van der Waals surface area contributed by atoms with E-state index in [-0.39, 0.29) is 0 Å². The molecule has 0 amide bonds. The highest BCUT2D eigenvalue weighted by molar-refractivity contribution is 6.09. The molecule has 0 fully saturated rings. The van der Waals surface area contributed by atoms with Crippen molar-refractivity contribution in [2.75, 3.05) is 0 Å². The zero-order chi connectivity index (χ0) is 13.0. The van der Waals surface area contributed by atoms with Gasteiger partial charge in [0.05, 0.1) is 5.52 Å². The summed E-state index contributed by atoms with van der Waals surface area (Å²) >= 11 is 0. The third-order valence-corrected chi connectivity index (χ3v) is 4.13. The van der Waals surface area contributed by atoms with Crippen molar-refractivity contribution >= 4 is 21.8 Å². The Labute approximate surface area is 112 Å². The van der Waals surface area contributed by atoms with E-state index in [9.17, 15) is 0 Å². The highest BCUT2D eigenvalue weighted by atomic mass is 14.7. The van der Waals surface area contributed by atoms with Gasteiger partial charge >= 0.3 is 0 Å². The summed E-state index contributed by atoms with van der Waals surface area (Å²) in [6.45, 7) is 4.41. The van der Waals surface area contributed by atoms with Gasteiger partial charge in [-0.2, -0.15) is 0 Å². The summed E-state index contributed by atoms with van der Waals surface area (Å²) in [6, 6.07) is 17.4. The molecule has 1 aromatic carbocycles. The van der Waals surface area contributed by atoms with Crippen molar-refractivity contribution in [1.29, 1.82) is 0 Å². The number of aryl methyl sites for hydroxylation is 2. The summed E-state index contributed by atoms with van der Waals surface area (Å²) in [4.78, 5) is 3.58. The third-order valence-electron chi connectivity index (χ3n) is 4.13. The van der Waals surface area contributed by atoms with Crippen molar-refractivity contribution in [1.82, 2.24) is 4.98 Å². The first-order chi connectivity index (χ1) is 9.25. The van der Waals surface area contributed by atoms with Gasteiger partial charge in [-0.15, -0.1) is 0 Å². The predicted molar refractivity (Wildman–Crippen MR) is 81.9 cm³/mol. The van der Waals surface area contributed by atoms with E-state index < -0.39 is 0 Å². The summed E-state index contributed by atoms with van der Waals surface area (Å²) in [5, 5.41) is 2.63. The van der Waals surface area contributed by atoms with Crippen LogP contribution in [0.4, 0.5) is 0 Å². The van der Waals surface area contributed by atoms with E-state index in [0.717, 1.165) is 0 Å². The lowest BCUT2D eigenvalue weighted by atomic mass is 10.1. The molecular formula is C18H15N. The van der Waals surface area contributed by atoms with E-state index >= 15 is 0 Å². The van der Waals surface area contributed by atoms with Crippen LogP contribution in [0.25, 0.3) is 32.9 Å². The number of aromatic amines is 1. The lowest BCUT2D eigenvalue weighted by molar-refractivity contribution is 1.46. The summed E-state index contributed by atoms with van der Waals surface area (Å²) in [5.41, 5.74) is 7.84. The number of H-pyrrole nitrogens is 1. The van der Waals surface area contributed by atoms with Crippen LogP contribution in [-0.2, 0) is 0 Å². The number of hydrogen-bond donors (Lipinski definition) is 1. The van der Waals surface area contributed by atoms with Gasteiger partial charge < -0.3 is 4.98 Å². The smallest absolute Gasteiger partial charge is 0.0500 e. The number of fused-ring (bicyclic) bond motifs is 4. The summed E-state index contributed by atoms with van der Waals surface area (Å²) < 4.78 is 0. The fraction of sp³-hybridized carbons (Fsp3) is 0.111. The molecule has 4 rings (SSSR count). The molecule has 92 valence electrons. The molecule has 1 nitrogen and oxygen atoms in total. The molecule has 0 aliphatic heterocycles.